The van der Waals surface area contributed by atoms with E-state index in [1.54, 1.807) is 6.26 Å². The molecule has 5 aromatic rings. The van der Waals surface area contributed by atoms with Gasteiger partial charge in [0.25, 0.3) is 5.91 Å². The molecule has 0 bridgehead atoms. The zero-order valence-electron chi connectivity index (χ0n) is 17.6. The van der Waals surface area contributed by atoms with Gasteiger partial charge >= 0.3 is 0 Å². The van der Waals surface area contributed by atoms with E-state index in [1.165, 1.54) is 16.5 Å². The number of benzene rings is 2. The van der Waals surface area contributed by atoms with Gasteiger partial charge in [0.15, 0.2) is 5.76 Å². The number of fused-ring (bicyclic) bond motifs is 2. The fourth-order valence-corrected chi connectivity index (χ4v) is 4.90. The molecule has 1 aliphatic rings. The maximum Gasteiger partial charge on any atom is 0.254 e. The normalized spacial score (nSPS) is 14.9. The molecule has 0 unspecified atom stereocenters. The number of hydrogen-bond donors (Lipinski definition) is 1. The molecule has 0 spiro atoms. The van der Waals surface area contributed by atoms with Crippen LogP contribution in [0.1, 0.15) is 34.7 Å². The molecule has 0 saturated carbocycles. The first-order valence-electron chi connectivity index (χ1n) is 11.1. The number of nitrogens with one attached hydrogen (secondary N) is 1. The van der Waals surface area contributed by atoms with Crippen LogP contribution in [0.2, 0.25) is 0 Å². The van der Waals surface area contributed by atoms with Gasteiger partial charge in [-0.05, 0) is 54.7 Å². The van der Waals surface area contributed by atoms with Gasteiger partial charge in [-0.3, -0.25) is 4.79 Å². The first kappa shape index (κ1) is 18.9. The molecule has 2 aromatic carbocycles. The van der Waals surface area contributed by atoms with Crippen LogP contribution in [0.4, 0.5) is 0 Å². The Morgan fingerprint density at radius 3 is 2.56 bits per heavy atom. The average molecular weight is 422 g/mol. The number of para-hydroxylation sites is 2. The first-order valence-corrected chi connectivity index (χ1v) is 11.1. The Bertz CT molecular complexity index is 1410. The lowest BCUT2D eigenvalue weighted by Gasteiger charge is -2.32. The van der Waals surface area contributed by atoms with Gasteiger partial charge < -0.3 is 14.3 Å². The number of furan rings is 1. The van der Waals surface area contributed by atoms with E-state index in [0.29, 0.717) is 22.9 Å². The number of pyridine rings is 1. The van der Waals surface area contributed by atoms with Crippen molar-refractivity contribution in [2.75, 3.05) is 13.1 Å². The van der Waals surface area contributed by atoms with Crippen LogP contribution in [0, 0.1) is 0 Å². The van der Waals surface area contributed by atoms with E-state index in [9.17, 15) is 4.79 Å². The molecule has 5 heteroatoms. The monoisotopic (exact) mass is 421 g/mol. The van der Waals surface area contributed by atoms with E-state index in [0.717, 1.165) is 36.8 Å². The van der Waals surface area contributed by atoms with Crippen molar-refractivity contribution in [3.8, 4) is 11.5 Å². The molecule has 1 aliphatic heterocycles. The minimum absolute atomic E-state index is 0.0637. The number of aromatic nitrogens is 2. The summed E-state index contributed by atoms with van der Waals surface area (Å²) in [6, 6.07) is 21.8. The molecular weight excluding hydrogens is 398 g/mol. The van der Waals surface area contributed by atoms with Gasteiger partial charge in [-0.1, -0.05) is 36.4 Å². The Hall–Kier alpha value is -3.86. The molecule has 0 atom stereocenters. The molecule has 158 valence electrons. The Balaban J connectivity index is 1.28. The number of likely N-dealkylation sites (tertiary alicyclic amines) is 1. The summed E-state index contributed by atoms with van der Waals surface area (Å²) in [4.78, 5) is 23.7. The third-order valence-corrected chi connectivity index (χ3v) is 6.56. The summed E-state index contributed by atoms with van der Waals surface area (Å²) < 4.78 is 5.55. The Morgan fingerprint density at radius 2 is 1.75 bits per heavy atom. The van der Waals surface area contributed by atoms with Crippen molar-refractivity contribution in [1.82, 2.24) is 14.9 Å². The average Bonchev–Trinajstić information content (AvgIpc) is 3.54. The minimum Gasteiger partial charge on any atom is -0.463 e. The smallest absolute Gasteiger partial charge is 0.254 e. The molecule has 6 rings (SSSR count). The zero-order valence-corrected chi connectivity index (χ0v) is 17.6. The van der Waals surface area contributed by atoms with Crippen LogP contribution in [-0.2, 0) is 0 Å². The number of H-pyrrole nitrogens is 1. The van der Waals surface area contributed by atoms with Crippen LogP contribution >= 0.6 is 0 Å². The Morgan fingerprint density at radius 1 is 0.969 bits per heavy atom. The lowest BCUT2D eigenvalue weighted by atomic mass is 9.89. The van der Waals surface area contributed by atoms with E-state index < -0.39 is 0 Å². The van der Waals surface area contributed by atoms with E-state index in [-0.39, 0.29) is 5.91 Å². The predicted octanol–water partition coefficient (Wildman–Crippen LogP) is 6.00. The molecule has 5 nitrogen and oxygen atoms in total. The molecule has 3 aromatic heterocycles. The minimum atomic E-state index is 0.0637. The first-order chi connectivity index (χ1) is 15.8. The number of hydrogen-bond acceptors (Lipinski definition) is 3. The molecule has 1 saturated heterocycles. The highest BCUT2D eigenvalue weighted by atomic mass is 16.3. The van der Waals surface area contributed by atoms with Gasteiger partial charge in [0, 0.05) is 35.6 Å². The lowest BCUT2D eigenvalue weighted by Crippen LogP contribution is -2.38. The molecule has 1 fully saturated rings. The SMILES string of the molecule is O=C(c1cc(-c2ccco2)nc2ccccc12)N1CCC(c2c[nH]c3ccccc23)CC1. The van der Waals surface area contributed by atoms with Gasteiger partial charge in [0.05, 0.1) is 17.3 Å². The van der Waals surface area contributed by atoms with E-state index in [1.807, 2.05) is 47.4 Å². The van der Waals surface area contributed by atoms with Crippen LogP contribution in [0.3, 0.4) is 0 Å². The number of carbonyl (C=O) groups excluding carboxylic acids is 1. The summed E-state index contributed by atoms with van der Waals surface area (Å²) in [6.07, 6.45) is 5.69. The van der Waals surface area contributed by atoms with Crippen molar-refractivity contribution in [2.24, 2.45) is 0 Å². The molecule has 1 amide bonds. The summed E-state index contributed by atoms with van der Waals surface area (Å²) in [5.41, 5.74) is 4.72. The Labute approximate surface area is 185 Å². The third-order valence-electron chi connectivity index (χ3n) is 6.56. The quantitative estimate of drug-likeness (QED) is 0.389. The standard InChI is InChI=1S/C27H23N3O2/c31-27(21-16-25(26-10-5-15-32-26)29-24-9-4-2-6-19(21)24)30-13-11-18(12-14-30)22-17-28-23-8-3-1-7-20(22)23/h1-10,15-18,28H,11-14H2. The second-order valence-corrected chi connectivity index (χ2v) is 8.41. The summed E-state index contributed by atoms with van der Waals surface area (Å²) in [5, 5.41) is 2.17. The number of carbonyl (C=O) groups is 1. The maximum atomic E-state index is 13.6. The molecular formula is C27H23N3O2. The largest absolute Gasteiger partial charge is 0.463 e. The van der Waals surface area contributed by atoms with E-state index in [4.69, 9.17) is 9.40 Å². The molecule has 1 N–H and O–H groups in total. The van der Waals surface area contributed by atoms with Crippen molar-refractivity contribution in [2.45, 2.75) is 18.8 Å². The van der Waals surface area contributed by atoms with Crippen molar-refractivity contribution < 1.29 is 9.21 Å². The van der Waals surface area contributed by atoms with Crippen LogP contribution in [-0.4, -0.2) is 33.9 Å². The fourth-order valence-electron chi connectivity index (χ4n) is 4.90. The van der Waals surface area contributed by atoms with Crippen molar-refractivity contribution in [3.63, 3.8) is 0 Å². The number of aromatic amines is 1. The van der Waals surface area contributed by atoms with Crippen LogP contribution in [0.25, 0.3) is 33.3 Å². The number of rotatable bonds is 3. The highest BCUT2D eigenvalue weighted by Gasteiger charge is 2.27. The van der Waals surface area contributed by atoms with Gasteiger partial charge in [-0.2, -0.15) is 0 Å². The van der Waals surface area contributed by atoms with Gasteiger partial charge in [0.1, 0.15) is 5.69 Å². The second kappa shape index (κ2) is 7.68. The van der Waals surface area contributed by atoms with Crippen molar-refractivity contribution in [3.05, 3.63) is 90.3 Å². The highest BCUT2D eigenvalue weighted by molar-refractivity contribution is 6.07. The van der Waals surface area contributed by atoms with Crippen LogP contribution in [0.15, 0.2) is 83.6 Å². The van der Waals surface area contributed by atoms with Gasteiger partial charge in [-0.15, -0.1) is 0 Å². The van der Waals surface area contributed by atoms with Crippen LogP contribution in [0.5, 0.6) is 0 Å². The topological polar surface area (TPSA) is 62.1 Å². The third kappa shape index (κ3) is 3.17. The van der Waals surface area contributed by atoms with E-state index >= 15 is 0 Å². The van der Waals surface area contributed by atoms with Crippen LogP contribution < -0.4 is 0 Å². The highest BCUT2D eigenvalue weighted by Crippen LogP contribution is 2.34. The summed E-state index contributed by atoms with van der Waals surface area (Å²) >= 11 is 0. The number of amides is 1. The molecule has 4 heterocycles. The summed E-state index contributed by atoms with van der Waals surface area (Å²) in [6.45, 7) is 1.49. The molecule has 32 heavy (non-hydrogen) atoms. The second-order valence-electron chi connectivity index (χ2n) is 8.41. The fraction of sp³-hybridized carbons (Fsp3) is 0.185. The maximum absolute atomic E-state index is 13.6. The number of piperidine rings is 1. The zero-order chi connectivity index (χ0) is 21.5. The molecule has 0 radical (unpaired) electrons. The predicted molar refractivity (Wildman–Crippen MR) is 126 cm³/mol. The summed E-state index contributed by atoms with van der Waals surface area (Å²) in [7, 11) is 0. The molecule has 0 aliphatic carbocycles. The van der Waals surface area contributed by atoms with Gasteiger partial charge in [-0.25, -0.2) is 4.98 Å². The number of nitrogens with zero attached hydrogens (tertiary/aromatic N) is 2. The lowest BCUT2D eigenvalue weighted by molar-refractivity contribution is 0.0715. The summed E-state index contributed by atoms with van der Waals surface area (Å²) in [5.74, 6) is 1.19. The van der Waals surface area contributed by atoms with Crippen molar-refractivity contribution >= 4 is 27.7 Å². The van der Waals surface area contributed by atoms with Crippen molar-refractivity contribution in [1.29, 1.82) is 0 Å². The van der Waals surface area contributed by atoms with Gasteiger partial charge in [0.2, 0.25) is 0 Å². The Kier molecular flexibility index (Phi) is 4.53. The van der Waals surface area contributed by atoms with E-state index in [2.05, 4.69) is 35.4 Å².